The first-order valence-electron chi connectivity index (χ1n) is 13.0. The van der Waals surface area contributed by atoms with Crippen molar-refractivity contribution in [1.82, 2.24) is 9.47 Å². The van der Waals surface area contributed by atoms with E-state index >= 15 is 0 Å². The van der Waals surface area contributed by atoms with Crippen molar-refractivity contribution < 1.29 is 14.3 Å². The largest absolute Gasteiger partial charge is 0.497 e. The SMILES string of the molecule is COc1ccc(C2c3c(c4cc(Cl)ccc4n3C(=O)c3ccc(Cl)cc3)CCN2C(=O)c2ccc(C)cc2)cc1. The number of methoxy groups -OCH3 is 1. The number of fused-ring (bicyclic) bond motifs is 3. The molecule has 0 aliphatic carbocycles. The maximum atomic E-state index is 14.2. The average Bonchev–Trinajstić information content (AvgIpc) is 3.30. The lowest BCUT2D eigenvalue weighted by atomic mass is 9.91. The van der Waals surface area contributed by atoms with E-state index in [4.69, 9.17) is 27.9 Å². The second kappa shape index (κ2) is 10.5. The summed E-state index contributed by atoms with van der Waals surface area (Å²) in [5, 5.41) is 2.05. The Morgan fingerprint density at radius 1 is 0.800 bits per heavy atom. The molecule has 4 aromatic carbocycles. The highest BCUT2D eigenvalue weighted by atomic mass is 35.5. The summed E-state index contributed by atoms with van der Waals surface area (Å²) in [6.07, 6.45) is 0.581. The minimum absolute atomic E-state index is 0.0970. The molecule has 7 heteroatoms. The van der Waals surface area contributed by atoms with Crippen LogP contribution in [0.25, 0.3) is 10.9 Å². The van der Waals surface area contributed by atoms with E-state index in [1.807, 2.05) is 72.5 Å². The van der Waals surface area contributed by atoms with E-state index in [1.54, 1.807) is 42.0 Å². The lowest BCUT2D eigenvalue weighted by Crippen LogP contribution is -2.42. The van der Waals surface area contributed by atoms with Crippen molar-refractivity contribution in [1.29, 1.82) is 0 Å². The predicted molar refractivity (Wildman–Crippen MR) is 159 cm³/mol. The maximum absolute atomic E-state index is 14.2. The van der Waals surface area contributed by atoms with Gasteiger partial charge in [-0.3, -0.25) is 14.2 Å². The molecular weight excluding hydrogens is 543 g/mol. The summed E-state index contributed by atoms with van der Waals surface area (Å²) >= 11 is 12.6. The highest BCUT2D eigenvalue weighted by Gasteiger charge is 2.38. The van der Waals surface area contributed by atoms with Gasteiger partial charge in [0.25, 0.3) is 11.8 Å². The van der Waals surface area contributed by atoms with Gasteiger partial charge in [0.15, 0.2) is 0 Å². The summed E-state index contributed by atoms with van der Waals surface area (Å²) in [4.78, 5) is 30.1. The van der Waals surface area contributed by atoms with Crippen LogP contribution in [0.15, 0.2) is 91.0 Å². The van der Waals surface area contributed by atoms with Gasteiger partial charge < -0.3 is 9.64 Å². The van der Waals surface area contributed by atoms with Gasteiger partial charge in [0, 0.05) is 33.1 Å². The molecule has 1 unspecified atom stereocenters. The molecule has 6 rings (SSSR count). The van der Waals surface area contributed by atoms with Crippen molar-refractivity contribution in [3.05, 3.63) is 135 Å². The molecule has 5 nitrogen and oxygen atoms in total. The van der Waals surface area contributed by atoms with Crippen LogP contribution in [0.4, 0.5) is 0 Å². The first-order chi connectivity index (χ1) is 19.4. The molecule has 0 fully saturated rings. The molecule has 5 aromatic rings. The summed E-state index contributed by atoms with van der Waals surface area (Å²) in [6, 6.07) is 27.2. The molecule has 40 heavy (non-hydrogen) atoms. The summed E-state index contributed by atoms with van der Waals surface area (Å²) in [6.45, 7) is 2.48. The number of carbonyl (C=O) groups is 2. The lowest BCUT2D eigenvalue weighted by Gasteiger charge is -2.37. The average molecular weight is 569 g/mol. The molecule has 1 aliphatic heterocycles. The molecule has 1 aromatic heterocycles. The molecule has 0 spiro atoms. The van der Waals surface area contributed by atoms with E-state index in [0.29, 0.717) is 39.9 Å². The number of hydrogen-bond donors (Lipinski definition) is 0. The molecule has 0 radical (unpaired) electrons. The molecule has 0 bridgehead atoms. The van der Waals surface area contributed by atoms with Crippen molar-refractivity contribution in [2.45, 2.75) is 19.4 Å². The normalized spacial score (nSPS) is 14.7. The first-order valence-corrected chi connectivity index (χ1v) is 13.8. The number of rotatable bonds is 4. The van der Waals surface area contributed by atoms with Crippen LogP contribution >= 0.6 is 23.2 Å². The molecular formula is C33H26Cl2N2O3. The summed E-state index contributed by atoms with van der Waals surface area (Å²) in [7, 11) is 1.62. The first kappa shape index (κ1) is 26.2. The number of hydrogen-bond acceptors (Lipinski definition) is 3. The molecule has 0 N–H and O–H groups in total. The fraction of sp³-hybridized carbons (Fsp3) is 0.152. The van der Waals surface area contributed by atoms with Gasteiger partial charge in [0.2, 0.25) is 0 Å². The molecule has 0 saturated heterocycles. The monoisotopic (exact) mass is 568 g/mol. The molecule has 0 saturated carbocycles. The quantitative estimate of drug-likeness (QED) is 0.223. The van der Waals surface area contributed by atoms with Gasteiger partial charge in [0.1, 0.15) is 5.75 Å². The Morgan fingerprint density at radius 2 is 1.43 bits per heavy atom. The Morgan fingerprint density at radius 3 is 2.10 bits per heavy atom. The maximum Gasteiger partial charge on any atom is 0.262 e. The van der Waals surface area contributed by atoms with E-state index in [0.717, 1.165) is 33.3 Å². The molecule has 2 heterocycles. The van der Waals surface area contributed by atoms with E-state index in [1.165, 1.54) is 0 Å². The van der Waals surface area contributed by atoms with Gasteiger partial charge in [-0.05, 0) is 91.2 Å². The van der Waals surface area contributed by atoms with Crippen LogP contribution in [0.3, 0.4) is 0 Å². The number of aromatic nitrogens is 1. The second-order valence-corrected chi connectivity index (χ2v) is 10.8. The fourth-order valence-electron chi connectivity index (χ4n) is 5.55. The van der Waals surface area contributed by atoms with Gasteiger partial charge in [0.05, 0.1) is 24.4 Å². The van der Waals surface area contributed by atoms with Crippen LogP contribution in [0, 0.1) is 6.92 Å². The Labute approximate surface area is 242 Å². The van der Waals surface area contributed by atoms with E-state index in [-0.39, 0.29) is 11.8 Å². The fourth-order valence-corrected chi connectivity index (χ4v) is 5.85. The highest BCUT2D eigenvalue weighted by molar-refractivity contribution is 6.31. The minimum Gasteiger partial charge on any atom is -0.497 e. The minimum atomic E-state index is -0.522. The predicted octanol–water partition coefficient (Wildman–Crippen LogP) is 7.74. The Hall–Kier alpha value is -4.06. The van der Waals surface area contributed by atoms with Crippen molar-refractivity contribution in [3.8, 4) is 5.75 Å². The van der Waals surface area contributed by atoms with Gasteiger partial charge in [-0.15, -0.1) is 0 Å². The number of amides is 1. The molecule has 1 amide bonds. The van der Waals surface area contributed by atoms with Crippen molar-refractivity contribution >= 4 is 45.9 Å². The lowest BCUT2D eigenvalue weighted by molar-refractivity contribution is 0.0683. The zero-order valence-electron chi connectivity index (χ0n) is 22.0. The van der Waals surface area contributed by atoms with E-state index in [2.05, 4.69) is 0 Å². The van der Waals surface area contributed by atoms with Gasteiger partial charge in [-0.1, -0.05) is 53.0 Å². The molecule has 1 atom stereocenters. The number of nitrogens with zero attached hydrogens (tertiary/aromatic N) is 2. The third-order valence-electron chi connectivity index (χ3n) is 7.53. The van der Waals surface area contributed by atoms with Crippen LogP contribution in [-0.4, -0.2) is 34.9 Å². The zero-order valence-corrected chi connectivity index (χ0v) is 23.5. The number of carbonyl (C=O) groups excluding carboxylic acids is 2. The Kier molecular flexibility index (Phi) is 6.87. The van der Waals surface area contributed by atoms with Crippen molar-refractivity contribution in [2.24, 2.45) is 0 Å². The summed E-state index contributed by atoms with van der Waals surface area (Å²) < 4.78 is 7.15. The highest BCUT2D eigenvalue weighted by Crippen LogP contribution is 2.42. The van der Waals surface area contributed by atoms with E-state index < -0.39 is 6.04 Å². The summed E-state index contributed by atoms with van der Waals surface area (Å²) in [5.41, 5.74) is 5.56. The third kappa shape index (κ3) is 4.55. The van der Waals surface area contributed by atoms with Crippen LogP contribution in [0.5, 0.6) is 5.75 Å². The number of aryl methyl sites for hydroxylation is 1. The number of benzene rings is 4. The van der Waals surface area contributed by atoms with Crippen molar-refractivity contribution in [2.75, 3.05) is 13.7 Å². The Balaban J connectivity index is 1.60. The van der Waals surface area contributed by atoms with Gasteiger partial charge in [-0.2, -0.15) is 0 Å². The van der Waals surface area contributed by atoms with Crippen LogP contribution < -0.4 is 4.74 Å². The topological polar surface area (TPSA) is 51.5 Å². The summed E-state index contributed by atoms with van der Waals surface area (Å²) in [5.74, 6) is 0.411. The van der Waals surface area contributed by atoms with Gasteiger partial charge >= 0.3 is 0 Å². The number of ether oxygens (including phenoxy) is 1. The van der Waals surface area contributed by atoms with E-state index in [9.17, 15) is 9.59 Å². The Bertz CT molecular complexity index is 1740. The second-order valence-electron chi connectivity index (χ2n) is 9.96. The zero-order chi connectivity index (χ0) is 28.0. The van der Waals surface area contributed by atoms with Crippen LogP contribution in [-0.2, 0) is 6.42 Å². The van der Waals surface area contributed by atoms with Crippen LogP contribution in [0.1, 0.15) is 49.1 Å². The van der Waals surface area contributed by atoms with Crippen LogP contribution in [0.2, 0.25) is 10.0 Å². The third-order valence-corrected chi connectivity index (χ3v) is 8.02. The molecule has 200 valence electrons. The molecule has 1 aliphatic rings. The number of halogens is 2. The van der Waals surface area contributed by atoms with Gasteiger partial charge in [-0.25, -0.2) is 0 Å². The smallest absolute Gasteiger partial charge is 0.262 e. The van der Waals surface area contributed by atoms with Crippen molar-refractivity contribution in [3.63, 3.8) is 0 Å². The standard InChI is InChI=1S/C33H26Cl2N2O3/c1-20-3-5-22(6-4-20)32(38)36-18-17-27-28-19-25(35)13-16-29(28)37(33(39)23-7-11-24(34)12-8-23)31(27)30(36)21-9-14-26(40-2)15-10-21/h3-16,19,30H,17-18H2,1-2H3.